The van der Waals surface area contributed by atoms with Crippen molar-refractivity contribution in [1.29, 1.82) is 0 Å². The highest BCUT2D eigenvalue weighted by molar-refractivity contribution is 7.90. The molecule has 1 aromatic heterocycles. The molecule has 0 aliphatic rings. The lowest BCUT2D eigenvalue weighted by Crippen LogP contribution is -2.35. The van der Waals surface area contributed by atoms with Crippen LogP contribution in [0.5, 0.6) is 11.8 Å². The summed E-state index contributed by atoms with van der Waals surface area (Å²) in [5.74, 6) is 0.259. The Morgan fingerprint density at radius 3 is 2.64 bits per heavy atom. The number of nitrogens with one attached hydrogen (secondary N) is 2. The van der Waals surface area contributed by atoms with Gasteiger partial charge in [-0.05, 0) is 19.1 Å². The summed E-state index contributed by atoms with van der Waals surface area (Å²) in [5, 5.41) is 1.71. The highest BCUT2D eigenvalue weighted by atomic mass is 35.5. The molecule has 0 aliphatic heterocycles. The maximum absolute atomic E-state index is 12.6. The molecular weight excluding hydrogens is 433 g/mol. The molecule has 2 N–H and O–H groups in total. The summed E-state index contributed by atoms with van der Waals surface area (Å²) in [7, 11) is -2.91. The molecule has 0 bridgehead atoms. The van der Waals surface area contributed by atoms with Crippen LogP contribution in [0.15, 0.2) is 29.2 Å². The number of amides is 2. The summed E-state index contributed by atoms with van der Waals surface area (Å²) in [6, 6.07) is 4.69. The van der Waals surface area contributed by atoms with Crippen molar-refractivity contribution >= 4 is 45.2 Å². The van der Waals surface area contributed by atoms with Crippen LogP contribution in [0, 0.1) is 6.92 Å². The van der Waals surface area contributed by atoms with E-state index >= 15 is 0 Å². The zero-order chi connectivity index (χ0) is 20.7. The van der Waals surface area contributed by atoms with Gasteiger partial charge >= 0.3 is 12.0 Å². The number of aromatic nitrogens is 3. The largest absolute Gasteiger partial charge is 0.491 e. The average molecular weight is 450 g/mol. The van der Waals surface area contributed by atoms with Crippen molar-refractivity contribution < 1.29 is 22.7 Å². The van der Waals surface area contributed by atoms with E-state index in [9.17, 15) is 13.2 Å². The van der Waals surface area contributed by atoms with E-state index in [1.165, 1.54) is 25.3 Å². The Morgan fingerprint density at radius 1 is 1.25 bits per heavy atom. The Balaban J connectivity index is 2.15. The highest BCUT2D eigenvalue weighted by Crippen LogP contribution is 2.23. The van der Waals surface area contributed by atoms with E-state index < -0.39 is 21.4 Å². The number of hydrogen-bond acceptors (Lipinski definition) is 8. The normalized spacial score (nSPS) is 12.1. The number of rotatable bonds is 8. The first-order chi connectivity index (χ1) is 13.2. The summed E-state index contributed by atoms with van der Waals surface area (Å²) in [5.41, 5.74) is 0. The molecular formula is C15H17Cl2N5O5S. The van der Waals surface area contributed by atoms with Crippen LogP contribution in [0.25, 0.3) is 0 Å². The molecule has 0 radical (unpaired) electrons. The third-order valence-electron chi connectivity index (χ3n) is 3.09. The van der Waals surface area contributed by atoms with Crippen LogP contribution in [0.4, 0.5) is 10.7 Å². The van der Waals surface area contributed by atoms with Gasteiger partial charge in [0, 0.05) is 5.88 Å². The van der Waals surface area contributed by atoms with Crippen molar-refractivity contribution in [2.24, 2.45) is 0 Å². The van der Waals surface area contributed by atoms with E-state index in [1.54, 1.807) is 13.0 Å². The molecule has 1 atom stereocenters. The first kappa shape index (κ1) is 21.9. The quantitative estimate of drug-likeness (QED) is 0.583. The lowest BCUT2D eigenvalue weighted by atomic mass is 10.3. The van der Waals surface area contributed by atoms with Crippen LogP contribution in [-0.4, -0.2) is 54.4 Å². The molecule has 0 aliphatic carbocycles. The third kappa shape index (κ3) is 6.08. The Bertz CT molecular complexity index is 944. The summed E-state index contributed by atoms with van der Waals surface area (Å²) >= 11 is 11.5. The third-order valence-corrected chi connectivity index (χ3v) is 5.27. The van der Waals surface area contributed by atoms with Gasteiger partial charge < -0.3 is 9.47 Å². The number of alkyl halides is 2. The molecule has 0 saturated heterocycles. The van der Waals surface area contributed by atoms with Gasteiger partial charge in [0.1, 0.15) is 23.1 Å². The molecule has 1 unspecified atom stereocenters. The number of benzene rings is 1. The fourth-order valence-electron chi connectivity index (χ4n) is 1.92. The van der Waals surface area contributed by atoms with Gasteiger partial charge in [0.25, 0.3) is 10.0 Å². The van der Waals surface area contributed by atoms with Gasteiger partial charge in [-0.3, -0.25) is 5.32 Å². The number of aryl methyl sites for hydroxylation is 1. The Hall–Kier alpha value is -2.37. The summed E-state index contributed by atoms with van der Waals surface area (Å²) in [6.07, 6.45) is 0. The molecule has 10 nitrogen and oxygen atoms in total. The number of hydrogen-bond donors (Lipinski definition) is 2. The number of nitrogens with zero attached hydrogens (tertiary/aromatic N) is 3. The van der Waals surface area contributed by atoms with Crippen LogP contribution in [0.2, 0.25) is 0 Å². The predicted octanol–water partition coefficient (Wildman–Crippen LogP) is 1.92. The monoisotopic (exact) mass is 449 g/mol. The van der Waals surface area contributed by atoms with Crippen molar-refractivity contribution in [1.82, 2.24) is 19.7 Å². The number of ether oxygens (including phenoxy) is 2. The molecule has 2 amide bonds. The smallest absolute Gasteiger partial charge is 0.335 e. The molecule has 1 heterocycles. The number of para-hydroxylation sites is 1. The molecule has 0 fully saturated rings. The number of urea groups is 1. The molecule has 152 valence electrons. The number of sulfonamides is 1. The molecule has 1 aromatic carbocycles. The fourth-order valence-corrected chi connectivity index (χ4v) is 3.13. The lowest BCUT2D eigenvalue weighted by Gasteiger charge is -2.14. The van der Waals surface area contributed by atoms with E-state index in [2.05, 4.69) is 20.3 Å². The van der Waals surface area contributed by atoms with Gasteiger partial charge in [0.2, 0.25) is 5.95 Å². The standard InChI is InChI=1S/C15H17Cl2N5O5S/c1-9-18-13(21-15(19-9)26-2)20-14(23)22-28(24,25)12-6-4-3-5-11(12)27-8-10(17)7-16/h3-6,10H,7-8H2,1-2H3,(H2,18,19,20,21,22,23). The van der Waals surface area contributed by atoms with E-state index in [-0.39, 0.29) is 40.9 Å². The second kappa shape index (κ2) is 9.71. The minimum Gasteiger partial charge on any atom is -0.491 e. The van der Waals surface area contributed by atoms with Crippen LogP contribution in [0.1, 0.15) is 5.82 Å². The number of anilines is 1. The van der Waals surface area contributed by atoms with E-state index in [0.29, 0.717) is 0 Å². The highest BCUT2D eigenvalue weighted by Gasteiger charge is 2.23. The van der Waals surface area contributed by atoms with Crippen LogP contribution >= 0.6 is 23.2 Å². The number of halogens is 2. The first-order valence-corrected chi connectivity index (χ1v) is 10.2. The Kier molecular flexibility index (Phi) is 7.61. The number of carbonyl (C=O) groups is 1. The van der Waals surface area contributed by atoms with Gasteiger partial charge in [-0.25, -0.2) is 17.9 Å². The van der Waals surface area contributed by atoms with E-state index in [4.69, 9.17) is 32.7 Å². The molecule has 28 heavy (non-hydrogen) atoms. The second-order valence-electron chi connectivity index (χ2n) is 5.26. The minimum atomic E-state index is -4.26. The zero-order valence-electron chi connectivity index (χ0n) is 14.8. The maximum atomic E-state index is 12.6. The van der Waals surface area contributed by atoms with Gasteiger partial charge in [-0.15, -0.1) is 23.2 Å². The molecule has 0 saturated carbocycles. The van der Waals surface area contributed by atoms with Crippen LogP contribution in [-0.2, 0) is 10.0 Å². The van der Waals surface area contributed by atoms with Crippen molar-refractivity contribution in [3.05, 3.63) is 30.1 Å². The lowest BCUT2D eigenvalue weighted by molar-refractivity contribution is 0.256. The maximum Gasteiger partial charge on any atom is 0.335 e. The van der Waals surface area contributed by atoms with Crippen LogP contribution < -0.4 is 19.5 Å². The molecule has 2 rings (SSSR count). The predicted molar refractivity (Wildman–Crippen MR) is 103 cm³/mol. The molecule has 2 aromatic rings. The number of methoxy groups -OCH3 is 1. The molecule has 0 spiro atoms. The topological polar surface area (TPSA) is 132 Å². The van der Waals surface area contributed by atoms with Gasteiger partial charge in [0.15, 0.2) is 0 Å². The minimum absolute atomic E-state index is 0.00624. The number of carbonyl (C=O) groups excluding carboxylic acids is 1. The van der Waals surface area contributed by atoms with Crippen molar-refractivity contribution in [2.45, 2.75) is 17.2 Å². The Labute approximate surface area is 171 Å². The summed E-state index contributed by atoms with van der Waals surface area (Å²) in [6.45, 7) is 1.55. The first-order valence-electron chi connectivity index (χ1n) is 7.77. The SMILES string of the molecule is COc1nc(C)nc(NC(=O)NS(=O)(=O)c2ccccc2OCC(Cl)CCl)n1. The van der Waals surface area contributed by atoms with Crippen molar-refractivity contribution in [2.75, 3.05) is 24.9 Å². The van der Waals surface area contributed by atoms with Gasteiger partial charge in [-0.2, -0.15) is 15.0 Å². The fraction of sp³-hybridized carbons (Fsp3) is 0.333. The Morgan fingerprint density at radius 2 is 1.96 bits per heavy atom. The average Bonchev–Trinajstić information content (AvgIpc) is 2.65. The van der Waals surface area contributed by atoms with Gasteiger partial charge in [-0.1, -0.05) is 12.1 Å². The van der Waals surface area contributed by atoms with Crippen molar-refractivity contribution in [3.8, 4) is 11.8 Å². The van der Waals surface area contributed by atoms with Crippen molar-refractivity contribution in [3.63, 3.8) is 0 Å². The van der Waals surface area contributed by atoms with E-state index in [0.717, 1.165) is 0 Å². The van der Waals surface area contributed by atoms with Gasteiger partial charge in [0.05, 0.1) is 12.5 Å². The summed E-state index contributed by atoms with van der Waals surface area (Å²) < 4.78 is 37.3. The van der Waals surface area contributed by atoms with E-state index in [1.807, 2.05) is 4.72 Å². The molecule has 13 heteroatoms. The zero-order valence-corrected chi connectivity index (χ0v) is 17.2. The van der Waals surface area contributed by atoms with Crippen LogP contribution in [0.3, 0.4) is 0 Å². The summed E-state index contributed by atoms with van der Waals surface area (Å²) in [4.78, 5) is 23.4. The second-order valence-corrected chi connectivity index (χ2v) is 7.84.